The molecule has 1 saturated carbocycles. The Morgan fingerprint density at radius 3 is 2.46 bits per heavy atom. The standard InChI is InChI=1S/C10H17NO2/c1-7-11(9(12)8-4-5-8)10(2,3)6-13-7/h7-8H,4-6H2,1-3H3. The molecule has 0 radical (unpaired) electrons. The number of carbonyl (C=O) groups excluding carboxylic acids is 1. The van der Waals surface area contributed by atoms with Crippen LogP contribution >= 0.6 is 0 Å². The lowest BCUT2D eigenvalue weighted by Gasteiger charge is -2.32. The molecule has 2 fully saturated rings. The van der Waals surface area contributed by atoms with Gasteiger partial charge in [0.2, 0.25) is 5.91 Å². The smallest absolute Gasteiger partial charge is 0.228 e. The minimum Gasteiger partial charge on any atom is -0.356 e. The summed E-state index contributed by atoms with van der Waals surface area (Å²) in [6, 6.07) is 0. The van der Waals surface area contributed by atoms with Crippen molar-refractivity contribution >= 4 is 5.91 Å². The summed E-state index contributed by atoms with van der Waals surface area (Å²) < 4.78 is 5.48. The number of amides is 1. The van der Waals surface area contributed by atoms with Crippen molar-refractivity contribution in [1.29, 1.82) is 0 Å². The average molecular weight is 183 g/mol. The fourth-order valence-corrected chi connectivity index (χ4v) is 1.97. The summed E-state index contributed by atoms with van der Waals surface area (Å²) in [6.45, 7) is 6.75. The highest BCUT2D eigenvalue weighted by atomic mass is 16.5. The quantitative estimate of drug-likeness (QED) is 0.614. The van der Waals surface area contributed by atoms with E-state index in [1.165, 1.54) is 0 Å². The van der Waals surface area contributed by atoms with Crippen molar-refractivity contribution in [2.45, 2.75) is 45.4 Å². The molecule has 1 aliphatic heterocycles. The highest BCUT2D eigenvalue weighted by molar-refractivity contribution is 5.82. The molecule has 0 N–H and O–H groups in total. The maximum Gasteiger partial charge on any atom is 0.228 e. The summed E-state index contributed by atoms with van der Waals surface area (Å²) in [7, 11) is 0. The summed E-state index contributed by atoms with van der Waals surface area (Å²) in [6.07, 6.45) is 2.10. The second-order valence-electron chi connectivity index (χ2n) is 4.71. The second kappa shape index (κ2) is 2.71. The predicted molar refractivity (Wildman–Crippen MR) is 49.1 cm³/mol. The zero-order valence-electron chi connectivity index (χ0n) is 8.54. The van der Waals surface area contributed by atoms with Crippen LogP contribution in [0, 0.1) is 5.92 Å². The summed E-state index contributed by atoms with van der Waals surface area (Å²) >= 11 is 0. The van der Waals surface area contributed by atoms with Crippen LogP contribution < -0.4 is 0 Å². The largest absolute Gasteiger partial charge is 0.356 e. The number of ether oxygens (including phenoxy) is 1. The lowest BCUT2D eigenvalue weighted by atomic mass is 10.0. The Balaban J connectivity index is 2.14. The van der Waals surface area contributed by atoms with Gasteiger partial charge in [-0.15, -0.1) is 0 Å². The molecular formula is C10H17NO2. The Morgan fingerprint density at radius 1 is 1.46 bits per heavy atom. The zero-order chi connectivity index (χ0) is 9.64. The first kappa shape index (κ1) is 9.00. The molecule has 13 heavy (non-hydrogen) atoms. The third-order valence-electron chi connectivity index (χ3n) is 2.86. The first-order valence-corrected chi connectivity index (χ1v) is 4.97. The molecule has 2 aliphatic rings. The minimum atomic E-state index is -0.112. The predicted octanol–water partition coefficient (Wildman–Crippen LogP) is 1.38. The van der Waals surface area contributed by atoms with E-state index < -0.39 is 0 Å². The highest BCUT2D eigenvalue weighted by Gasteiger charge is 2.46. The van der Waals surface area contributed by atoms with Gasteiger partial charge in [0.1, 0.15) is 6.23 Å². The van der Waals surface area contributed by atoms with E-state index in [4.69, 9.17) is 4.74 Å². The van der Waals surface area contributed by atoms with Crippen LogP contribution in [-0.2, 0) is 9.53 Å². The van der Waals surface area contributed by atoms with E-state index in [9.17, 15) is 4.79 Å². The summed E-state index contributed by atoms with van der Waals surface area (Å²) in [5, 5.41) is 0. The maximum atomic E-state index is 11.9. The third-order valence-corrected chi connectivity index (χ3v) is 2.86. The molecule has 0 bridgehead atoms. The van der Waals surface area contributed by atoms with Gasteiger partial charge in [-0.3, -0.25) is 4.79 Å². The van der Waals surface area contributed by atoms with Gasteiger partial charge in [-0.2, -0.15) is 0 Å². The maximum absolute atomic E-state index is 11.9. The van der Waals surface area contributed by atoms with Gasteiger partial charge in [0.25, 0.3) is 0 Å². The highest BCUT2D eigenvalue weighted by Crippen LogP contribution is 2.36. The Bertz CT molecular complexity index is 233. The number of carbonyl (C=O) groups is 1. The molecule has 0 aromatic heterocycles. The van der Waals surface area contributed by atoms with Crippen LogP contribution in [0.3, 0.4) is 0 Å². The summed E-state index contributed by atoms with van der Waals surface area (Å²) in [5.74, 6) is 0.582. The van der Waals surface area contributed by atoms with Gasteiger partial charge in [-0.1, -0.05) is 0 Å². The van der Waals surface area contributed by atoms with E-state index >= 15 is 0 Å². The Hall–Kier alpha value is -0.570. The van der Waals surface area contributed by atoms with Crippen molar-refractivity contribution in [2.24, 2.45) is 5.92 Å². The van der Waals surface area contributed by atoms with Crippen LogP contribution in [-0.4, -0.2) is 29.2 Å². The minimum absolute atomic E-state index is 0.0388. The Labute approximate surface area is 79.0 Å². The molecule has 74 valence electrons. The zero-order valence-corrected chi connectivity index (χ0v) is 8.54. The normalized spacial score (nSPS) is 32.2. The van der Waals surface area contributed by atoms with Gasteiger partial charge in [-0.05, 0) is 33.6 Å². The topological polar surface area (TPSA) is 29.5 Å². The van der Waals surface area contributed by atoms with Crippen molar-refractivity contribution in [3.05, 3.63) is 0 Å². The number of hydrogen-bond acceptors (Lipinski definition) is 2. The van der Waals surface area contributed by atoms with Crippen LogP contribution in [0.4, 0.5) is 0 Å². The molecule has 1 aliphatic carbocycles. The van der Waals surface area contributed by atoms with Crippen LogP contribution in [0.1, 0.15) is 33.6 Å². The monoisotopic (exact) mass is 183 g/mol. The first-order valence-electron chi connectivity index (χ1n) is 4.97. The fraction of sp³-hybridized carbons (Fsp3) is 0.900. The van der Waals surface area contributed by atoms with Crippen molar-refractivity contribution in [1.82, 2.24) is 4.90 Å². The van der Waals surface area contributed by atoms with E-state index in [0.717, 1.165) is 12.8 Å². The summed E-state index contributed by atoms with van der Waals surface area (Å²) in [4.78, 5) is 13.8. The van der Waals surface area contributed by atoms with Crippen LogP contribution in [0.2, 0.25) is 0 Å². The molecular weight excluding hydrogens is 166 g/mol. The molecule has 1 unspecified atom stereocenters. The average Bonchev–Trinajstić information content (AvgIpc) is 2.79. The lowest BCUT2D eigenvalue weighted by molar-refractivity contribution is -0.140. The van der Waals surface area contributed by atoms with Crippen molar-refractivity contribution in [3.8, 4) is 0 Å². The van der Waals surface area contributed by atoms with E-state index in [-0.39, 0.29) is 17.7 Å². The lowest BCUT2D eigenvalue weighted by Crippen LogP contribution is -2.48. The van der Waals surface area contributed by atoms with Crippen LogP contribution in [0.25, 0.3) is 0 Å². The van der Waals surface area contributed by atoms with Gasteiger partial charge < -0.3 is 9.64 Å². The Morgan fingerprint density at radius 2 is 2.08 bits per heavy atom. The first-order chi connectivity index (χ1) is 6.02. The molecule has 1 atom stereocenters. The van der Waals surface area contributed by atoms with Crippen molar-refractivity contribution in [2.75, 3.05) is 6.61 Å². The molecule has 1 heterocycles. The molecule has 3 nitrogen and oxygen atoms in total. The second-order valence-corrected chi connectivity index (χ2v) is 4.71. The van der Waals surface area contributed by atoms with Gasteiger partial charge in [0.05, 0.1) is 12.1 Å². The third kappa shape index (κ3) is 1.46. The SMILES string of the molecule is CC1OCC(C)(C)N1C(=O)C1CC1. The molecule has 1 amide bonds. The number of rotatable bonds is 1. The molecule has 0 aromatic rings. The summed E-state index contributed by atoms with van der Waals surface area (Å²) in [5.41, 5.74) is -0.112. The molecule has 0 aromatic carbocycles. The van der Waals surface area contributed by atoms with Gasteiger partial charge in [0.15, 0.2) is 0 Å². The van der Waals surface area contributed by atoms with Gasteiger partial charge in [0, 0.05) is 5.92 Å². The van der Waals surface area contributed by atoms with E-state index in [1.54, 1.807) is 0 Å². The molecule has 2 rings (SSSR count). The Kier molecular flexibility index (Phi) is 1.88. The number of hydrogen-bond donors (Lipinski definition) is 0. The van der Waals surface area contributed by atoms with E-state index in [1.807, 2.05) is 11.8 Å². The fourth-order valence-electron chi connectivity index (χ4n) is 1.97. The molecule has 0 spiro atoms. The molecule has 1 saturated heterocycles. The van der Waals surface area contributed by atoms with E-state index in [2.05, 4.69) is 13.8 Å². The van der Waals surface area contributed by atoms with E-state index in [0.29, 0.717) is 12.5 Å². The van der Waals surface area contributed by atoms with Crippen LogP contribution in [0.5, 0.6) is 0 Å². The number of nitrogens with zero attached hydrogens (tertiary/aromatic N) is 1. The van der Waals surface area contributed by atoms with Crippen molar-refractivity contribution in [3.63, 3.8) is 0 Å². The molecule has 3 heteroatoms. The van der Waals surface area contributed by atoms with Gasteiger partial charge >= 0.3 is 0 Å². The van der Waals surface area contributed by atoms with Crippen LogP contribution in [0.15, 0.2) is 0 Å². The van der Waals surface area contributed by atoms with Crippen molar-refractivity contribution < 1.29 is 9.53 Å². The van der Waals surface area contributed by atoms with Gasteiger partial charge in [-0.25, -0.2) is 0 Å².